The summed E-state index contributed by atoms with van der Waals surface area (Å²) >= 11 is 5.35. The molecule has 7 aromatic carbocycles. The van der Waals surface area contributed by atoms with Gasteiger partial charge in [0.05, 0.1) is 34.1 Å². The summed E-state index contributed by atoms with van der Waals surface area (Å²) in [6.07, 6.45) is 0. The van der Waals surface area contributed by atoms with Crippen molar-refractivity contribution in [1.82, 2.24) is 0 Å². The molecule has 3 aromatic heterocycles. The van der Waals surface area contributed by atoms with E-state index in [-0.39, 0.29) is 0 Å². The van der Waals surface area contributed by atoms with Gasteiger partial charge in [-0.1, -0.05) is 54.6 Å². The predicted octanol–water partition coefficient (Wildman–Crippen LogP) is 12.8. The Balaban J connectivity index is 1.11. The number of benzene rings is 7. The Kier molecular flexibility index (Phi) is 6.75. The zero-order chi connectivity index (χ0) is 34.2. The summed E-state index contributed by atoms with van der Waals surface area (Å²) < 4.78 is 7.41. The third-order valence-electron chi connectivity index (χ3n) is 9.55. The molecule has 3 heterocycles. The molecule has 6 nitrogen and oxygen atoms in total. The minimum Gasteiger partial charge on any atom is -0.395 e. The molecule has 0 aliphatic heterocycles. The van der Waals surface area contributed by atoms with Crippen molar-refractivity contribution in [2.24, 2.45) is 0 Å². The van der Waals surface area contributed by atoms with Crippen molar-refractivity contribution < 1.29 is 0 Å². The molecular formula is C42H30N6S3. The molecule has 10 aromatic rings. The molecule has 0 spiro atoms. The summed E-state index contributed by atoms with van der Waals surface area (Å²) in [5.74, 6) is 0. The third-order valence-corrected chi connectivity index (χ3v) is 13.0. The van der Waals surface area contributed by atoms with Gasteiger partial charge in [-0.25, -0.2) is 0 Å². The number of hydrogen-bond acceptors (Lipinski definition) is 9. The molecule has 246 valence electrons. The van der Waals surface area contributed by atoms with E-state index in [0.29, 0.717) is 34.1 Å². The van der Waals surface area contributed by atoms with Crippen molar-refractivity contribution in [3.05, 3.63) is 127 Å². The van der Waals surface area contributed by atoms with Crippen molar-refractivity contribution in [2.75, 3.05) is 33.2 Å². The molecule has 0 unspecified atom stereocenters. The third kappa shape index (κ3) is 4.89. The maximum atomic E-state index is 7.02. The second kappa shape index (κ2) is 11.5. The lowest BCUT2D eigenvalue weighted by molar-refractivity contribution is 1.50. The van der Waals surface area contributed by atoms with Crippen molar-refractivity contribution in [1.29, 1.82) is 0 Å². The summed E-state index contributed by atoms with van der Waals surface area (Å²) in [7, 11) is 0. The number of fused-ring (bicyclic) bond motifs is 9. The van der Waals surface area contributed by atoms with Gasteiger partial charge in [0, 0.05) is 77.6 Å². The lowest BCUT2D eigenvalue weighted by Crippen LogP contribution is -2.11. The number of nitrogen functional groups attached to an aromatic ring is 3. The largest absolute Gasteiger partial charge is 0.395 e. The summed E-state index contributed by atoms with van der Waals surface area (Å²) in [5.41, 5.74) is 26.7. The molecule has 0 saturated carbocycles. The van der Waals surface area contributed by atoms with Crippen LogP contribution in [0.15, 0.2) is 127 Å². The van der Waals surface area contributed by atoms with Crippen LogP contribution in [-0.2, 0) is 0 Å². The number of anilines is 9. The first-order valence-electron chi connectivity index (χ1n) is 16.5. The molecule has 51 heavy (non-hydrogen) atoms. The predicted molar refractivity (Wildman–Crippen MR) is 228 cm³/mol. The van der Waals surface area contributed by atoms with Gasteiger partial charge in [-0.15, -0.1) is 34.0 Å². The molecule has 0 aliphatic carbocycles. The number of nitrogens with one attached hydrogen (secondary N) is 3. The molecule has 0 fully saturated rings. The molecule has 9 heteroatoms. The normalized spacial score (nSPS) is 11.8. The van der Waals surface area contributed by atoms with Crippen LogP contribution in [0.4, 0.5) is 51.2 Å². The highest BCUT2D eigenvalue weighted by Crippen LogP contribution is 2.49. The Hall–Kier alpha value is -6.00. The van der Waals surface area contributed by atoms with E-state index in [0.717, 1.165) is 17.1 Å². The smallest absolute Gasteiger partial charge is 0.0896 e. The molecule has 0 bridgehead atoms. The van der Waals surface area contributed by atoms with Gasteiger partial charge in [0.2, 0.25) is 0 Å². The van der Waals surface area contributed by atoms with Crippen molar-refractivity contribution >= 4 is 146 Å². The molecule has 0 aliphatic rings. The average Bonchev–Trinajstić information content (AvgIpc) is 3.84. The van der Waals surface area contributed by atoms with Crippen LogP contribution in [0.3, 0.4) is 0 Å². The average molecular weight is 715 g/mol. The van der Waals surface area contributed by atoms with Crippen LogP contribution < -0.4 is 33.2 Å². The standard InChI is InChI=1S/C42H30N6S3/c43-37-40(46-22-13-16-34-28(19-22)25-7-1-4-10-31(25)49-34)38(44)42(48-24-15-18-36-30(21-24)27-9-3-6-12-33(27)51-36)39(45)41(37)47-23-14-17-35-29(20-23)26-8-2-5-11-32(26)50-35/h1-21,46-48H,43-45H2. The number of nitrogens with two attached hydrogens (primary N) is 3. The first-order chi connectivity index (χ1) is 25.0. The van der Waals surface area contributed by atoms with Crippen LogP contribution in [-0.4, -0.2) is 0 Å². The van der Waals surface area contributed by atoms with Crippen LogP contribution >= 0.6 is 34.0 Å². The van der Waals surface area contributed by atoms with Crippen LogP contribution in [0.25, 0.3) is 60.5 Å². The first kappa shape index (κ1) is 29.9. The van der Waals surface area contributed by atoms with E-state index in [2.05, 4.69) is 143 Å². The van der Waals surface area contributed by atoms with E-state index in [1.165, 1.54) is 60.5 Å². The van der Waals surface area contributed by atoms with Gasteiger partial charge in [-0.2, -0.15) is 0 Å². The zero-order valence-corrected chi connectivity index (χ0v) is 29.5. The fourth-order valence-corrected chi connectivity index (χ4v) is 10.3. The summed E-state index contributed by atoms with van der Waals surface area (Å²) in [4.78, 5) is 0. The van der Waals surface area contributed by atoms with Crippen LogP contribution in [0.5, 0.6) is 0 Å². The topological polar surface area (TPSA) is 114 Å². The van der Waals surface area contributed by atoms with E-state index < -0.39 is 0 Å². The van der Waals surface area contributed by atoms with Crippen molar-refractivity contribution in [2.45, 2.75) is 0 Å². The Morgan fingerprint density at radius 2 is 0.588 bits per heavy atom. The van der Waals surface area contributed by atoms with E-state index in [1.807, 2.05) is 0 Å². The van der Waals surface area contributed by atoms with Gasteiger partial charge >= 0.3 is 0 Å². The van der Waals surface area contributed by atoms with E-state index in [4.69, 9.17) is 17.2 Å². The highest BCUT2D eigenvalue weighted by Gasteiger charge is 2.22. The number of rotatable bonds is 6. The molecule has 0 atom stereocenters. The second-order valence-electron chi connectivity index (χ2n) is 12.7. The maximum absolute atomic E-state index is 7.02. The van der Waals surface area contributed by atoms with Gasteiger partial charge in [-0.05, 0) is 72.8 Å². The lowest BCUT2D eigenvalue weighted by Gasteiger charge is -2.23. The molecular weight excluding hydrogens is 685 g/mol. The quantitative estimate of drug-likeness (QED) is 0.0956. The minimum absolute atomic E-state index is 0.431. The highest BCUT2D eigenvalue weighted by molar-refractivity contribution is 7.26. The fraction of sp³-hybridized carbons (Fsp3) is 0. The second-order valence-corrected chi connectivity index (χ2v) is 15.9. The maximum Gasteiger partial charge on any atom is 0.0896 e. The van der Waals surface area contributed by atoms with E-state index in [9.17, 15) is 0 Å². The highest BCUT2D eigenvalue weighted by atomic mass is 32.1. The minimum atomic E-state index is 0.431. The molecule has 10 rings (SSSR count). The fourth-order valence-electron chi connectivity index (χ4n) is 7.06. The Morgan fingerprint density at radius 3 is 0.902 bits per heavy atom. The van der Waals surface area contributed by atoms with Crippen molar-refractivity contribution in [3.63, 3.8) is 0 Å². The Morgan fingerprint density at radius 1 is 0.314 bits per heavy atom. The molecule has 0 saturated heterocycles. The number of hydrogen-bond donors (Lipinski definition) is 6. The van der Waals surface area contributed by atoms with Gasteiger partial charge in [0.25, 0.3) is 0 Å². The van der Waals surface area contributed by atoms with Crippen LogP contribution in [0, 0.1) is 0 Å². The summed E-state index contributed by atoms with van der Waals surface area (Å²) in [6.45, 7) is 0. The van der Waals surface area contributed by atoms with E-state index in [1.54, 1.807) is 34.0 Å². The van der Waals surface area contributed by atoms with Gasteiger partial charge in [0.1, 0.15) is 0 Å². The molecule has 9 N–H and O–H groups in total. The first-order valence-corrected chi connectivity index (χ1v) is 19.0. The zero-order valence-electron chi connectivity index (χ0n) is 27.1. The van der Waals surface area contributed by atoms with Crippen molar-refractivity contribution in [3.8, 4) is 0 Å². The van der Waals surface area contributed by atoms with Crippen LogP contribution in [0.1, 0.15) is 0 Å². The van der Waals surface area contributed by atoms with Crippen LogP contribution in [0.2, 0.25) is 0 Å². The monoisotopic (exact) mass is 714 g/mol. The Labute approximate surface area is 304 Å². The Bertz CT molecular complexity index is 2670. The lowest BCUT2D eigenvalue weighted by atomic mass is 10.1. The van der Waals surface area contributed by atoms with Gasteiger partial charge < -0.3 is 33.2 Å². The van der Waals surface area contributed by atoms with Gasteiger partial charge in [0.15, 0.2) is 0 Å². The molecule has 0 radical (unpaired) electrons. The van der Waals surface area contributed by atoms with Gasteiger partial charge in [-0.3, -0.25) is 0 Å². The number of thiophene rings is 3. The van der Waals surface area contributed by atoms with E-state index >= 15 is 0 Å². The SMILES string of the molecule is Nc1c(Nc2ccc3sc4ccccc4c3c2)c(N)c(Nc2ccc3sc4ccccc4c3c2)c(N)c1Nc1ccc2sc3ccccc3c2c1. The molecule has 0 amide bonds. The summed E-state index contributed by atoms with van der Waals surface area (Å²) in [5, 5.41) is 18.0. The summed E-state index contributed by atoms with van der Waals surface area (Å²) in [6, 6.07) is 44.5.